The molecule has 0 bridgehead atoms. The van der Waals surface area contributed by atoms with E-state index < -0.39 is 108 Å². The number of nitrogens with one attached hydrogen (secondary N) is 2. The molecule has 2 N–H and O–H groups in total. The molecule has 0 spiro atoms. The number of carbonyl (C=O) groups is 6. The zero-order valence-electron chi connectivity index (χ0n) is 69.1. The lowest BCUT2D eigenvalue weighted by molar-refractivity contribution is -0.271. The van der Waals surface area contributed by atoms with Crippen molar-refractivity contribution in [3.8, 4) is 11.5 Å². The highest BCUT2D eigenvalue weighted by Gasteiger charge is 2.55. The van der Waals surface area contributed by atoms with E-state index in [1.54, 1.807) is 36.4 Å². The molecule has 1 aliphatic rings. The van der Waals surface area contributed by atoms with E-state index in [1.807, 2.05) is 0 Å². The molecular formula is C86H141Cl6N2O18P. The fourth-order valence-corrected chi connectivity index (χ4v) is 15.0. The Balaban J connectivity index is 2.06. The number of alkyl halides is 6. The van der Waals surface area contributed by atoms with Gasteiger partial charge in [0.05, 0.1) is 12.8 Å². The van der Waals surface area contributed by atoms with Crippen LogP contribution in [0.2, 0.25) is 0 Å². The van der Waals surface area contributed by atoms with Gasteiger partial charge in [-0.3, -0.25) is 23.7 Å². The molecule has 2 aromatic carbocycles. The number of rotatable bonds is 68. The summed E-state index contributed by atoms with van der Waals surface area (Å²) in [6, 6.07) is 14.1. The minimum absolute atomic E-state index is 0.00129. The number of carbonyl (C=O) groups excluding carboxylic acids is 6. The third-order valence-electron chi connectivity index (χ3n) is 19.9. The van der Waals surface area contributed by atoms with Gasteiger partial charge in [0.2, 0.25) is 13.5 Å². The van der Waals surface area contributed by atoms with Gasteiger partial charge in [-0.2, -0.15) is 0 Å². The van der Waals surface area contributed by atoms with Crippen LogP contribution in [0.5, 0.6) is 11.5 Å². The number of esters is 3. The van der Waals surface area contributed by atoms with Crippen molar-refractivity contribution in [1.29, 1.82) is 0 Å². The quantitative estimate of drug-likeness (QED) is 0.0205. The SMILES string of the molecule is CCCCCCCCCCCCCC(=O)O[C@H](CCCCCCCCCCC)CC(=O)NCCCCO[C@@H]1O[C@H](COC(=O)OC(C)(C)C(Cl)(Cl)Cl)[C@@H](OP(=O)(Oc2ccccc2)Oc2ccccc2)[C@H](OC(=O)C[C@@H](CCCCCCCCCCC)OC(=O)CCCCCCCCCCCCC)[C@H]1NC(=O)OCC(Cl)(Cl)Cl. The summed E-state index contributed by atoms with van der Waals surface area (Å²) < 4.78 is 78.8. The molecule has 0 unspecified atom stereocenters. The van der Waals surface area contributed by atoms with Gasteiger partial charge in [-0.25, -0.2) is 14.2 Å². The van der Waals surface area contributed by atoms with Gasteiger partial charge in [-0.05, 0) is 89.5 Å². The summed E-state index contributed by atoms with van der Waals surface area (Å²) in [5.74, 6) is -2.06. The number of amides is 2. The molecule has 1 fully saturated rings. The van der Waals surface area contributed by atoms with Crippen LogP contribution in [0, 0.1) is 0 Å². The third-order valence-corrected chi connectivity index (χ3v) is 23.0. The summed E-state index contributed by atoms with van der Waals surface area (Å²) in [7, 11) is -5.12. The van der Waals surface area contributed by atoms with E-state index in [0.717, 1.165) is 116 Å². The lowest BCUT2D eigenvalue weighted by atomic mass is 9.96. The topological polar surface area (TPSA) is 245 Å². The lowest BCUT2D eigenvalue weighted by Gasteiger charge is -2.45. The van der Waals surface area contributed by atoms with Gasteiger partial charge in [0.1, 0.15) is 55.2 Å². The Kier molecular flexibility index (Phi) is 58.0. The van der Waals surface area contributed by atoms with Crippen molar-refractivity contribution in [2.24, 2.45) is 0 Å². The van der Waals surface area contributed by atoms with Crippen LogP contribution in [0.15, 0.2) is 60.7 Å². The van der Waals surface area contributed by atoms with Crippen LogP contribution < -0.4 is 19.7 Å². The number of benzene rings is 2. The first-order chi connectivity index (χ1) is 54.3. The first-order valence-electron chi connectivity index (χ1n) is 43.1. The first-order valence-corrected chi connectivity index (χ1v) is 46.9. The zero-order valence-corrected chi connectivity index (χ0v) is 74.6. The van der Waals surface area contributed by atoms with Crippen LogP contribution in [0.4, 0.5) is 9.59 Å². The molecule has 2 amide bonds. The van der Waals surface area contributed by atoms with Crippen molar-refractivity contribution in [3.63, 3.8) is 0 Å². The van der Waals surface area contributed by atoms with Crippen molar-refractivity contribution in [3.05, 3.63) is 60.7 Å². The maximum absolute atomic E-state index is 15.7. The van der Waals surface area contributed by atoms with Crippen LogP contribution in [0.1, 0.15) is 350 Å². The molecular weight excluding hydrogens is 1590 g/mol. The predicted octanol–water partition coefficient (Wildman–Crippen LogP) is 25.8. The second-order valence-corrected chi connectivity index (χ2v) is 37.0. The maximum Gasteiger partial charge on any atom is 0.588 e. The fraction of sp³-hybridized carbons (Fsp3) is 0.791. The van der Waals surface area contributed by atoms with Crippen LogP contribution in [0.3, 0.4) is 0 Å². The number of hydrogen-bond donors (Lipinski definition) is 2. The van der Waals surface area contributed by atoms with Gasteiger partial charge >= 0.3 is 38.0 Å². The Bertz CT molecular complexity index is 2800. The van der Waals surface area contributed by atoms with E-state index in [4.69, 9.17) is 121 Å². The van der Waals surface area contributed by atoms with Crippen molar-refractivity contribution in [2.75, 3.05) is 26.4 Å². The van der Waals surface area contributed by atoms with Crippen LogP contribution in [-0.2, 0) is 66.2 Å². The number of unbranched alkanes of at least 4 members (excludes halogenated alkanes) is 37. The van der Waals surface area contributed by atoms with Crippen LogP contribution in [-0.4, -0.2) is 118 Å². The number of para-hydroxylation sites is 2. The van der Waals surface area contributed by atoms with Gasteiger partial charge in [-0.15, -0.1) is 0 Å². The molecule has 113 heavy (non-hydrogen) atoms. The van der Waals surface area contributed by atoms with E-state index in [0.29, 0.717) is 38.5 Å². The molecule has 0 saturated carbocycles. The maximum atomic E-state index is 15.7. The largest absolute Gasteiger partial charge is 0.588 e. The normalized spacial score (nSPS) is 16.5. The van der Waals surface area contributed by atoms with E-state index in [2.05, 4.69) is 38.3 Å². The van der Waals surface area contributed by atoms with E-state index in [-0.39, 0.29) is 55.8 Å². The molecule has 2 aromatic rings. The number of halogens is 6. The van der Waals surface area contributed by atoms with E-state index >= 15 is 9.36 Å². The summed E-state index contributed by atoms with van der Waals surface area (Å²) in [5.41, 5.74) is -1.79. The number of phosphoric ester groups is 1. The molecule has 1 heterocycles. The molecule has 1 saturated heterocycles. The summed E-state index contributed by atoms with van der Waals surface area (Å²) in [6.45, 7) is 9.86. The van der Waals surface area contributed by atoms with Crippen LogP contribution in [0.25, 0.3) is 0 Å². The molecule has 0 aliphatic carbocycles. The Morgan fingerprint density at radius 3 is 1.28 bits per heavy atom. The minimum atomic E-state index is -5.12. The summed E-state index contributed by atoms with van der Waals surface area (Å²) >= 11 is 37.1. The first kappa shape index (κ1) is 103. The molecule has 650 valence electrons. The Hall–Kier alpha value is -3.69. The molecule has 20 nitrogen and oxygen atoms in total. The molecule has 0 aromatic heterocycles. The number of phosphoric acid groups is 1. The van der Waals surface area contributed by atoms with Crippen molar-refractivity contribution >= 4 is 113 Å². The highest BCUT2D eigenvalue weighted by molar-refractivity contribution is 7.49. The second kappa shape index (κ2) is 63.4. The molecule has 1 aliphatic heterocycles. The van der Waals surface area contributed by atoms with Gasteiger partial charge in [-0.1, -0.05) is 365 Å². The lowest BCUT2D eigenvalue weighted by Crippen LogP contribution is -2.66. The minimum Gasteiger partial charge on any atom is -0.462 e. The van der Waals surface area contributed by atoms with Gasteiger partial charge < -0.3 is 57.6 Å². The van der Waals surface area contributed by atoms with Crippen molar-refractivity contribution in [1.82, 2.24) is 10.6 Å². The molecule has 0 radical (unpaired) electrons. The number of alkyl carbamates (subject to hydrolysis) is 1. The average Bonchev–Trinajstić information content (AvgIpc) is 0.771. The summed E-state index contributed by atoms with van der Waals surface area (Å²) in [4.78, 5) is 84.3. The van der Waals surface area contributed by atoms with E-state index in [1.165, 1.54) is 167 Å². The smallest absolute Gasteiger partial charge is 0.462 e. The number of ether oxygens (including phenoxy) is 8. The van der Waals surface area contributed by atoms with Crippen LogP contribution >= 0.6 is 77.4 Å². The molecule has 3 rings (SSSR count). The van der Waals surface area contributed by atoms with Crippen molar-refractivity contribution in [2.45, 2.75) is 406 Å². The number of hydrogen-bond acceptors (Lipinski definition) is 18. The highest BCUT2D eigenvalue weighted by atomic mass is 35.6. The fourth-order valence-electron chi connectivity index (χ4n) is 13.2. The van der Waals surface area contributed by atoms with Crippen molar-refractivity contribution < 1.29 is 84.8 Å². The zero-order chi connectivity index (χ0) is 82.7. The average molecular weight is 1730 g/mol. The Morgan fingerprint density at radius 1 is 0.478 bits per heavy atom. The third kappa shape index (κ3) is 52.1. The predicted molar refractivity (Wildman–Crippen MR) is 454 cm³/mol. The molecule has 7 atom stereocenters. The summed E-state index contributed by atoms with van der Waals surface area (Å²) in [5, 5.41) is 5.63. The summed E-state index contributed by atoms with van der Waals surface area (Å²) in [6.07, 6.45) is 33.7. The Morgan fingerprint density at radius 2 is 0.876 bits per heavy atom. The second-order valence-electron chi connectivity index (χ2n) is 30.7. The standard InChI is InChI=1S/C86H141Cl6N2O18P/c1-7-11-15-19-23-27-29-33-37-41-51-61-75(96)105-71(59-45-39-35-31-25-21-17-13-9-3)65-74(95)93-63-53-54-64-102-81-78(94-82(99)104-68-85(87,88)89)80(108-77(98)66-72(60-46-40-36-32-26-22-18-14-10-4)106-76(97)62-52-42-38-34-30-28-24-20-16-12-8-2)79(73(107-81)67-103-83(100)109-84(5,6)86(90,91)92)112-113(101,110-69-55-47-43-48-56-69)111-70-57-49-44-50-58-70/h43-44,47-50,55-58,71-73,78-81H,7-42,45-46,51-54,59-68H2,1-6H3,(H,93,95)(H,94,99)/t71-,72-,73-,78-,79-,80-,81-/m1/s1. The highest BCUT2D eigenvalue weighted by Crippen LogP contribution is 2.53. The Labute approximate surface area is 708 Å². The van der Waals surface area contributed by atoms with E-state index in [9.17, 15) is 24.0 Å². The monoisotopic (exact) mass is 1730 g/mol. The molecule has 27 heteroatoms. The van der Waals surface area contributed by atoms with Gasteiger partial charge in [0, 0.05) is 26.0 Å². The van der Waals surface area contributed by atoms with Gasteiger partial charge in [0.15, 0.2) is 18.0 Å². The van der Waals surface area contributed by atoms with Gasteiger partial charge in [0.25, 0.3) is 0 Å².